The number of hydrogen-bond acceptors (Lipinski definition) is 3. The molecule has 3 heterocycles. The van der Waals surface area contributed by atoms with Crippen LogP contribution in [-0.2, 0) is 0 Å². The van der Waals surface area contributed by atoms with E-state index in [1.165, 1.54) is 105 Å². The van der Waals surface area contributed by atoms with Crippen LogP contribution in [0.2, 0.25) is 0 Å². The van der Waals surface area contributed by atoms with E-state index in [0.29, 0.717) is 35.5 Å². The first-order valence-corrected chi connectivity index (χ1v) is 30.4. The Hall–Kier alpha value is -2.52. The molecule has 2 aromatic heterocycles. The van der Waals surface area contributed by atoms with E-state index < -0.39 is 0 Å². The average Bonchev–Trinajstić information content (AvgIpc) is 3.35. The van der Waals surface area contributed by atoms with Gasteiger partial charge in [-0.05, 0) is 173 Å². The van der Waals surface area contributed by atoms with Gasteiger partial charge >= 0.3 is 0 Å². The first kappa shape index (κ1) is 86.7. The van der Waals surface area contributed by atoms with Crippen molar-refractivity contribution in [3.8, 4) is 0 Å². The number of rotatable bonds is 12. The predicted molar refractivity (Wildman–Crippen MR) is 364 cm³/mol. The summed E-state index contributed by atoms with van der Waals surface area (Å²) in [4.78, 5) is 8.80. The van der Waals surface area contributed by atoms with Gasteiger partial charge in [0, 0.05) is 23.8 Å². The molecule has 0 bridgehead atoms. The maximum Gasteiger partial charge on any atom is 0.0432 e. The summed E-state index contributed by atoms with van der Waals surface area (Å²) in [6.07, 6.45) is 17.2. The Morgan fingerprint density at radius 2 is 0.590 bits per heavy atom. The summed E-state index contributed by atoms with van der Waals surface area (Å²) in [6.45, 7) is 57.3. The molecular formula is C75H147N3. The van der Waals surface area contributed by atoms with Crippen molar-refractivity contribution in [2.45, 2.75) is 304 Å². The zero-order valence-electron chi connectivity index (χ0n) is 52.3. The number of nitrogens with one attached hydrogen (secondary N) is 1. The van der Waals surface area contributed by atoms with Crippen LogP contribution in [0.3, 0.4) is 0 Å². The minimum atomic E-state index is 0. The number of benzene rings is 1. The molecule has 78 heavy (non-hydrogen) atoms. The number of aromatic nitrogens is 2. The molecule has 6 rings (SSSR count). The van der Waals surface area contributed by atoms with E-state index in [9.17, 15) is 0 Å². The van der Waals surface area contributed by atoms with Crippen molar-refractivity contribution in [2.24, 2.45) is 71.0 Å². The fourth-order valence-corrected chi connectivity index (χ4v) is 10.5. The molecule has 2 aliphatic carbocycles. The van der Waals surface area contributed by atoms with Crippen LogP contribution < -0.4 is 5.32 Å². The van der Waals surface area contributed by atoms with Crippen LogP contribution in [0.4, 0.5) is 0 Å². The van der Waals surface area contributed by atoms with Gasteiger partial charge in [0.05, 0.1) is 0 Å². The standard InChI is InChI=1S/2C12H24.C12H18.C11H23N.2C11H17N.6CH4/c3*1-9(2)11-6-5-7-12(8-11)10(3)4;2*1-8(2)10-5-11(9(3)4)7-12-6-10;1-8(2)10-6-5-7-11(12-10)9(3)4;;;;;;/h2*9-12H,5-8H2,1-4H3;5-10H,1-4H3;8-12H,5-7H2,1-4H3;2*5-9H,1-4H3;6*1H4. The quantitative estimate of drug-likeness (QED) is 0.196. The highest BCUT2D eigenvalue weighted by molar-refractivity contribution is 5.27. The lowest BCUT2D eigenvalue weighted by Crippen LogP contribution is -2.40. The molecule has 462 valence electrons. The van der Waals surface area contributed by atoms with Crippen molar-refractivity contribution in [3.05, 3.63) is 94.6 Å². The summed E-state index contributed by atoms with van der Waals surface area (Å²) in [5, 5.41) is 3.55. The van der Waals surface area contributed by atoms with E-state index in [1.807, 2.05) is 12.4 Å². The number of pyridine rings is 2. The molecule has 2 saturated carbocycles. The molecule has 3 heteroatoms. The summed E-state index contributed by atoms with van der Waals surface area (Å²) < 4.78 is 0. The van der Waals surface area contributed by atoms with E-state index in [-0.39, 0.29) is 44.6 Å². The zero-order chi connectivity index (χ0) is 54.8. The minimum absolute atomic E-state index is 0. The van der Waals surface area contributed by atoms with Crippen molar-refractivity contribution in [1.29, 1.82) is 0 Å². The molecule has 6 atom stereocenters. The van der Waals surface area contributed by atoms with E-state index in [1.54, 1.807) is 0 Å². The first-order valence-electron chi connectivity index (χ1n) is 30.4. The molecule has 3 aromatic rings. The topological polar surface area (TPSA) is 37.8 Å². The van der Waals surface area contributed by atoms with Crippen LogP contribution in [0.5, 0.6) is 0 Å². The average molecular weight is 1090 g/mol. The molecule has 1 aromatic carbocycles. The van der Waals surface area contributed by atoms with Gasteiger partial charge in [0.25, 0.3) is 0 Å². The zero-order valence-corrected chi connectivity index (χ0v) is 52.3. The second-order valence-electron chi connectivity index (χ2n) is 26.9. The van der Waals surface area contributed by atoms with E-state index >= 15 is 0 Å². The molecule has 1 saturated heterocycles. The van der Waals surface area contributed by atoms with Crippen LogP contribution in [0.1, 0.15) is 338 Å². The van der Waals surface area contributed by atoms with Gasteiger partial charge in [-0.3, -0.25) is 9.97 Å². The molecule has 0 amide bonds. The monoisotopic (exact) mass is 1090 g/mol. The summed E-state index contributed by atoms with van der Waals surface area (Å²) in [5.41, 5.74) is 7.95. The summed E-state index contributed by atoms with van der Waals surface area (Å²) in [6, 6.07) is 17.4. The number of piperidine rings is 1. The highest BCUT2D eigenvalue weighted by atomic mass is 14.9. The van der Waals surface area contributed by atoms with Gasteiger partial charge in [-0.1, -0.05) is 286 Å². The van der Waals surface area contributed by atoms with Crippen molar-refractivity contribution >= 4 is 0 Å². The number of nitrogens with zero attached hydrogens (tertiary/aromatic N) is 2. The van der Waals surface area contributed by atoms with Crippen molar-refractivity contribution in [3.63, 3.8) is 0 Å². The lowest BCUT2D eigenvalue weighted by Gasteiger charge is -2.34. The van der Waals surface area contributed by atoms with Crippen LogP contribution in [-0.4, -0.2) is 23.1 Å². The molecule has 0 radical (unpaired) electrons. The Kier molecular flexibility index (Phi) is 51.2. The lowest BCUT2D eigenvalue weighted by atomic mass is 9.72. The molecule has 0 spiro atoms. The minimum Gasteiger partial charge on any atom is -0.316 e. The van der Waals surface area contributed by atoms with Gasteiger partial charge < -0.3 is 5.32 Å². The highest BCUT2D eigenvalue weighted by Gasteiger charge is 2.27. The first-order chi connectivity index (χ1) is 33.7. The fraction of sp³-hybridized carbons (Fsp3) is 0.787. The Morgan fingerprint density at radius 1 is 0.333 bits per heavy atom. The Balaban J connectivity index is -0.000000196. The SMILES string of the molecule is C.C.C.C.C.C.CC(C)C1CCCC(C(C)C)C1.CC(C)C1CCCC(C(C)C)C1.CC(C)C1CNCC(C(C)C)C1.CC(C)c1cccc(C(C)C)c1.CC(C)c1cccc(C(C)C)n1.CC(C)c1cncc(C(C)C)c1. The largest absolute Gasteiger partial charge is 0.316 e. The second-order valence-corrected chi connectivity index (χ2v) is 26.9. The van der Waals surface area contributed by atoms with Gasteiger partial charge in [-0.15, -0.1) is 0 Å². The summed E-state index contributed by atoms with van der Waals surface area (Å²) in [5.74, 6) is 14.7. The third-order valence-corrected chi connectivity index (χ3v) is 16.9. The molecular weight excluding hydrogens is 943 g/mol. The van der Waals surface area contributed by atoms with Gasteiger partial charge in [-0.25, -0.2) is 0 Å². The van der Waals surface area contributed by atoms with E-state index in [4.69, 9.17) is 0 Å². The van der Waals surface area contributed by atoms with E-state index in [2.05, 4.69) is 230 Å². The van der Waals surface area contributed by atoms with Crippen LogP contribution >= 0.6 is 0 Å². The molecule has 1 aliphatic heterocycles. The Bertz CT molecular complexity index is 1470. The summed E-state index contributed by atoms with van der Waals surface area (Å²) >= 11 is 0. The van der Waals surface area contributed by atoms with Gasteiger partial charge in [0.1, 0.15) is 0 Å². The van der Waals surface area contributed by atoms with Crippen LogP contribution in [0, 0.1) is 71.0 Å². The maximum absolute atomic E-state index is 4.57. The van der Waals surface area contributed by atoms with Gasteiger partial charge in [0.15, 0.2) is 0 Å². The summed E-state index contributed by atoms with van der Waals surface area (Å²) in [7, 11) is 0. The van der Waals surface area contributed by atoms with Crippen molar-refractivity contribution in [2.75, 3.05) is 13.1 Å². The predicted octanol–water partition coefficient (Wildman–Crippen LogP) is 25.1. The Labute approximate surface area is 495 Å². The van der Waals surface area contributed by atoms with Gasteiger partial charge in [0.2, 0.25) is 0 Å². The third-order valence-electron chi connectivity index (χ3n) is 16.9. The maximum atomic E-state index is 4.57. The smallest absolute Gasteiger partial charge is 0.0432 e. The highest BCUT2D eigenvalue weighted by Crippen LogP contribution is 2.38. The third kappa shape index (κ3) is 34.7. The fourth-order valence-electron chi connectivity index (χ4n) is 10.5. The van der Waals surface area contributed by atoms with Gasteiger partial charge in [-0.2, -0.15) is 0 Å². The molecule has 3 fully saturated rings. The van der Waals surface area contributed by atoms with Crippen LogP contribution in [0.15, 0.2) is 60.9 Å². The van der Waals surface area contributed by atoms with Crippen LogP contribution in [0.25, 0.3) is 0 Å². The number of hydrogen-bond donors (Lipinski definition) is 1. The normalized spacial score (nSPS) is 19.7. The lowest BCUT2D eigenvalue weighted by molar-refractivity contribution is 0.177. The van der Waals surface area contributed by atoms with Crippen molar-refractivity contribution in [1.82, 2.24) is 15.3 Å². The van der Waals surface area contributed by atoms with Crippen molar-refractivity contribution < 1.29 is 0 Å². The molecule has 1 N–H and O–H groups in total. The molecule has 3 nitrogen and oxygen atoms in total. The van der Waals surface area contributed by atoms with E-state index in [0.717, 1.165) is 71.0 Å². The molecule has 3 aliphatic rings. The second kappa shape index (κ2) is 46.0. The Morgan fingerprint density at radius 3 is 0.846 bits per heavy atom. The molecule has 6 unspecified atom stereocenters.